The van der Waals surface area contributed by atoms with Crippen molar-refractivity contribution in [3.63, 3.8) is 0 Å². The number of hydrogen-bond donors (Lipinski definition) is 1. The molecule has 0 saturated carbocycles. The Morgan fingerprint density at radius 2 is 2.28 bits per heavy atom. The van der Waals surface area contributed by atoms with Gasteiger partial charge in [-0.1, -0.05) is 0 Å². The van der Waals surface area contributed by atoms with E-state index in [1.165, 1.54) is 0 Å². The van der Waals surface area contributed by atoms with Crippen molar-refractivity contribution >= 4 is 26.0 Å². The summed E-state index contributed by atoms with van der Waals surface area (Å²) in [6, 6.07) is 3.47. The molecule has 0 fully saturated rings. The highest BCUT2D eigenvalue weighted by molar-refractivity contribution is 6.02. The topological polar surface area (TPSA) is 86.3 Å². The first-order valence-corrected chi connectivity index (χ1v) is 5.14. The Morgan fingerprint density at radius 1 is 1.44 bits per heavy atom. The summed E-state index contributed by atoms with van der Waals surface area (Å²) in [4.78, 5) is 16.3. The molecule has 0 aliphatic rings. The Labute approximate surface area is 105 Å². The van der Waals surface area contributed by atoms with Gasteiger partial charge in [0.1, 0.15) is 5.82 Å². The van der Waals surface area contributed by atoms with Gasteiger partial charge in [0.15, 0.2) is 12.2 Å². The van der Waals surface area contributed by atoms with Gasteiger partial charge in [0.05, 0.1) is 17.6 Å². The fraction of sp³-hybridized carbons (Fsp3) is 0.0909. The summed E-state index contributed by atoms with van der Waals surface area (Å²) in [5, 5.41) is 0. The van der Waals surface area contributed by atoms with Crippen molar-refractivity contribution in [2.24, 2.45) is 4.99 Å². The number of aromatic nitrogens is 3. The van der Waals surface area contributed by atoms with Crippen LogP contribution in [0.3, 0.4) is 0 Å². The standard InChI is InChI=1S/C11H10BN5O/c1-7-16-10(4-11(17-7)15-6-18-12)8-2-3-14-5-9(8)13/h2-6H,13H2,1H3. The fourth-order valence-corrected chi connectivity index (χ4v) is 1.48. The van der Waals surface area contributed by atoms with Crippen LogP contribution in [-0.2, 0) is 4.65 Å². The molecule has 6 nitrogen and oxygen atoms in total. The van der Waals surface area contributed by atoms with E-state index >= 15 is 0 Å². The lowest BCUT2D eigenvalue weighted by Gasteiger charge is -2.05. The molecule has 2 heterocycles. The van der Waals surface area contributed by atoms with E-state index < -0.39 is 0 Å². The van der Waals surface area contributed by atoms with E-state index in [-0.39, 0.29) is 0 Å². The lowest BCUT2D eigenvalue weighted by Crippen LogP contribution is -1.96. The van der Waals surface area contributed by atoms with E-state index in [1.54, 1.807) is 31.5 Å². The zero-order valence-electron chi connectivity index (χ0n) is 9.74. The van der Waals surface area contributed by atoms with Gasteiger partial charge >= 0.3 is 8.05 Å². The molecule has 0 saturated heterocycles. The number of hydrogen-bond acceptors (Lipinski definition) is 6. The number of nitrogens with zero attached hydrogens (tertiary/aromatic N) is 4. The second kappa shape index (κ2) is 5.26. The Hall–Kier alpha value is -2.44. The van der Waals surface area contributed by atoms with Crippen LogP contribution in [0.15, 0.2) is 29.5 Å². The molecule has 0 aliphatic carbocycles. The molecule has 0 spiro atoms. The zero-order chi connectivity index (χ0) is 13.0. The third-order valence-corrected chi connectivity index (χ3v) is 2.20. The summed E-state index contributed by atoms with van der Waals surface area (Å²) in [5.41, 5.74) is 7.84. The van der Waals surface area contributed by atoms with E-state index in [4.69, 9.17) is 13.8 Å². The fourth-order valence-electron chi connectivity index (χ4n) is 1.48. The molecular weight excluding hydrogens is 229 g/mol. The largest absolute Gasteiger partial charge is 0.560 e. The highest BCUT2D eigenvalue weighted by Crippen LogP contribution is 2.25. The van der Waals surface area contributed by atoms with E-state index in [1.807, 2.05) is 0 Å². The number of nitrogen functional groups attached to an aromatic ring is 1. The van der Waals surface area contributed by atoms with Gasteiger partial charge in [0.2, 0.25) is 0 Å². The van der Waals surface area contributed by atoms with Crippen LogP contribution in [0, 0.1) is 6.92 Å². The number of anilines is 1. The van der Waals surface area contributed by atoms with Crippen LogP contribution in [0.25, 0.3) is 11.3 Å². The van der Waals surface area contributed by atoms with E-state index in [9.17, 15) is 0 Å². The van der Waals surface area contributed by atoms with E-state index in [0.717, 1.165) is 12.0 Å². The van der Waals surface area contributed by atoms with Crippen LogP contribution in [0.2, 0.25) is 0 Å². The summed E-state index contributed by atoms with van der Waals surface area (Å²) in [5.74, 6) is 1.02. The van der Waals surface area contributed by atoms with Gasteiger partial charge in [-0.3, -0.25) is 4.98 Å². The Bertz CT molecular complexity index is 587. The van der Waals surface area contributed by atoms with Crippen molar-refractivity contribution in [3.05, 3.63) is 30.4 Å². The minimum atomic E-state index is 0.444. The average molecular weight is 239 g/mol. The second-order valence-electron chi connectivity index (χ2n) is 3.49. The SMILES string of the molecule is [B]OC=Nc1cc(-c2ccncc2N)nc(C)n1. The molecule has 2 N–H and O–H groups in total. The molecule has 88 valence electrons. The normalized spacial score (nSPS) is 10.7. The molecule has 0 aliphatic heterocycles. The molecule has 0 amide bonds. The van der Waals surface area contributed by atoms with Crippen molar-refractivity contribution in [2.75, 3.05) is 5.73 Å². The second-order valence-corrected chi connectivity index (χ2v) is 3.49. The van der Waals surface area contributed by atoms with Crippen LogP contribution in [0.4, 0.5) is 11.5 Å². The summed E-state index contributed by atoms with van der Waals surface area (Å²) >= 11 is 0. The third-order valence-electron chi connectivity index (χ3n) is 2.20. The Balaban J connectivity index is 2.49. The van der Waals surface area contributed by atoms with Gasteiger partial charge in [-0.2, -0.15) is 0 Å². The average Bonchev–Trinajstić information content (AvgIpc) is 2.36. The first-order valence-electron chi connectivity index (χ1n) is 5.14. The van der Waals surface area contributed by atoms with Gasteiger partial charge < -0.3 is 10.4 Å². The quantitative estimate of drug-likeness (QED) is 0.493. The highest BCUT2D eigenvalue weighted by Gasteiger charge is 2.06. The summed E-state index contributed by atoms with van der Waals surface area (Å²) in [6.07, 6.45) is 4.31. The lowest BCUT2D eigenvalue weighted by atomic mass is 10.1. The first kappa shape index (κ1) is 12.0. The van der Waals surface area contributed by atoms with Crippen molar-refractivity contribution in [2.45, 2.75) is 6.92 Å². The van der Waals surface area contributed by atoms with Crippen LogP contribution < -0.4 is 5.73 Å². The number of aliphatic imine (C=N–C) groups is 1. The number of rotatable bonds is 3. The van der Waals surface area contributed by atoms with Gasteiger partial charge in [0.25, 0.3) is 0 Å². The lowest BCUT2D eigenvalue weighted by molar-refractivity contribution is 0.640. The predicted octanol–water partition coefficient (Wildman–Crippen LogP) is 1.19. The van der Waals surface area contributed by atoms with Gasteiger partial charge in [0, 0.05) is 17.8 Å². The monoisotopic (exact) mass is 239 g/mol. The zero-order valence-corrected chi connectivity index (χ0v) is 9.74. The molecule has 2 aromatic heterocycles. The molecular formula is C11H10BN5O. The minimum absolute atomic E-state index is 0.444. The third kappa shape index (κ3) is 2.62. The summed E-state index contributed by atoms with van der Waals surface area (Å²) in [7, 11) is 4.87. The minimum Gasteiger partial charge on any atom is -0.560 e. The predicted molar refractivity (Wildman–Crippen MR) is 69.4 cm³/mol. The van der Waals surface area contributed by atoms with Gasteiger partial charge in [-0.15, -0.1) is 0 Å². The number of nitrogens with two attached hydrogens (primary N) is 1. The van der Waals surface area contributed by atoms with Gasteiger partial charge in [-0.25, -0.2) is 15.0 Å². The molecule has 2 radical (unpaired) electrons. The molecule has 18 heavy (non-hydrogen) atoms. The van der Waals surface area contributed by atoms with Crippen molar-refractivity contribution in [3.8, 4) is 11.3 Å². The molecule has 0 aromatic carbocycles. The maximum absolute atomic E-state index is 5.85. The van der Waals surface area contributed by atoms with E-state index in [0.29, 0.717) is 23.0 Å². The number of aryl methyl sites for hydroxylation is 1. The van der Waals surface area contributed by atoms with Crippen LogP contribution in [-0.4, -0.2) is 29.4 Å². The van der Waals surface area contributed by atoms with Crippen molar-refractivity contribution in [1.29, 1.82) is 0 Å². The van der Waals surface area contributed by atoms with Crippen LogP contribution >= 0.6 is 0 Å². The maximum atomic E-state index is 5.85. The molecule has 2 rings (SSSR count). The summed E-state index contributed by atoms with van der Waals surface area (Å²) < 4.78 is 4.27. The summed E-state index contributed by atoms with van der Waals surface area (Å²) in [6.45, 7) is 1.77. The smallest absolute Gasteiger partial charge is 0.375 e. The number of pyridine rings is 1. The Kier molecular flexibility index (Phi) is 3.52. The van der Waals surface area contributed by atoms with Crippen molar-refractivity contribution in [1.82, 2.24) is 15.0 Å². The first-order chi connectivity index (χ1) is 8.70. The van der Waals surface area contributed by atoms with E-state index in [2.05, 4.69) is 24.6 Å². The molecule has 7 heteroatoms. The van der Waals surface area contributed by atoms with Crippen molar-refractivity contribution < 1.29 is 4.65 Å². The van der Waals surface area contributed by atoms with Crippen LogP contribution in [0.1, 0.15) is 5.82 Å². The van der Waals surface area contributed by atoms with Crippen LogP contribution in [0.5, 0.6) is 0 Å². The molecule has 2 aromatic rings. The molecule has 0 atom stereocenters. The molecule has 0 bridgehead atoms. The Morgan fingerprint density at radius 3 is 3.00 bits per heavy atom. The highest BCUT2D eigenvalue weighted by atomic mass is 16.4. The maximum Gasteiger partial charge on any atom is 0.375 e. The molecule has 0 unspecified atom stereocenters. The van der Waals surface area contributed by atoms with Gasteiger partial charge in [-0.05, 0) is 13.0 Å².